The molecule has 9 nitrogen and oxygen atoms in total. The van der Waals surface area contributed by atoms with Crippen molar-refractivity contribution in [2.45, 2.75) is 25.3 Å². The van der Waals surface area contributed by atoms with Crippen molar-refractivity contribution >= 4 is 35.4 Å². The molecule has 3 heterocycles. The molecule has 2 aromatic heterocycles. The van der Waals surface area contributed by atoms with Gasteiger partial charge in [0.15, 0.2) is 0 Å². The summed E-state index contributed by atoms with van der Waals surface area (Å²) in [6.07, 6.45) is 3.60. The van der Waals surface area contributed by atoms with Crippen LogP contribution in [-0.4, -0.2) is 51.5 Å². The predicted molar refractivity (Wildman–Crippen MR) is 141 cm³/mol. The summed E-state index contributed by atoms with van der Waals surface area (Å²) in [6.45, 7) is 1.01. The zero-order valence-electron chi connectivity index (χ0n) is 20.0. The van der Waals surface area contributed by atoms with Crippen molar-refractivity contribution in [3.05, 3.63) is 77.8 Å². The Morgan fingerprint density at radius 3 is 2.54 bits per heavy atom. The number of benzene rings is 2. The third kappa shape index (κ3) is 5.46. The van der Waals surface area contributed by atoms with Gasteiger partial charge in [0, 0.05) is 35.9 Å². The van der Waals surface area contributed by atoms with Gasteiger partial charge in [0.05, 0.1) is 5.69 Å². The van der Waals surface area contributed by atoms with E-state index in [0.717, 1.165) is 17.5 Å². The van der Waals surface area contributed by atoms with Gasteiger partial charge >= 0.3 is 0 Å². The number of aromatic nitrogens is 3. The molecule has 1 saturated heterocycles. The lowest BCUT2D eigenvalue weighted by molar-refractivity contribution is -0.131. The molecule has 0 spiro atoms. The minimum Gasteiger partial charge on any atom is -0.420 e. The van der Waals surface area contributed by atoms with E-state index < -0.39 is 0 Å². The molecule has 0 radical (unpaired) electrons. The average Bonchev–Trinajstić information content (AvgIpc) is 3.39. The zero-order chi connectivity index (χ0) is 25.8. The quantitative estimate of drug-likeness (QED) is 0.365. The summed E-state index contributed by atoms with van der Waals surface area (Å²) in [5.41, 5.74) is 9.16. The fourth-order valence-corrected chi connectivity index (χ4v) is 4.79. The lowest BCUT2D eigenvalue weighted by atomic mass is 10.0. The molecule has 0 atom stereocenters. The van der Waals surface area contributed by atoms with Gasteiger partial charge in [-0.1, -0.05) is 41.9 Å². The van der Waals surface area contributed by atoms with E-state index in [2.05, 4.69) is 15.2 Å². The lowest BCUT2D eigenvalue weighted by Gasteiger charge is -2.36. The molecule has 2 amide bonds. The average molecular weight is 517 g/mol. The number of likely N-dealkylation sites (tertiary alicyclic amines) is 1. The molecule has 1 aliphatic heterocycles. The molecular weight excluding hydrogens is 492 g/mol. The van der Waals surface area contributed by atoms with Gasteiger partial charge in [-0.3, -0.25) is 9.59 Å². The van der Waals surface area contributed by atoms with E-state index in [-0.39, 0.29) is 24.3 Å². The number of rotatable bonds is 7. The van der Waals surface area contributed by atoms with Crippen LogP contribution in [0, 0.1) is 0 Å². The van der Waals surface area contributed by atoms with Gasteiger partial charge in [-0.05, 0) is 54.3 Å². The maximum Gasteiger partial charge on any atom is 0.247 e. The standard InChI is InChI=1S/C27H25ClN6O3/c28-21-14-19(18-5-2-1-3-6-18)13-20(15-21)27-32-31-24(37-27)16-25(36)33-11-8-22(9-12-33)34(17-35)23-7-4-10-30-26(23)29/h1-7,10,13-15,17,22H,8-9,11-12,16H2,(H2,29,30). The Bertz CT molecular complexity index is 1400. The van der Waals surface area contributed by atoms with Crippen molar-refractivity contribution in [3.8, 4) is 22.6 Å². The van der Waals surface area contributed by atoms with Crippen LogP contribution in [0.3, 0.4) is 0 Å². The summed E-state index contributed by atoms with van der Waals surface area (Å²) in [4.78, 5) is 32.1. The third-order valence-corrected chi connectivity index (χ3v) is 6.66. The molecule has 0 bridgehead atoms. The summed E-state index contributed by atoms with van der Waals surface area (Å²) in [6, 6.07) is 18.9. The number of anilines is 2. The van der Waals surface area contributed by atoms with Crippen molar-refractivity contribution in [2.75, 3.05) is 23.7 Å². The highest BCUT2D eigenvalue weighted by molar-refractivity contribution is 6.31. The van der Waals surface area contributed by atoms with Gasteiger partial charge in [0.25, 0.3) is 0 Å². The minimum absolute atomic E-state index is 0.00325. The van der Waals surface area contributed by atoms with Gasteiger partial charge in [-0.15, -0.1) is 10.2 Å². The molecule has 2 aromatic carbocycles. The molecular formula is C27H25ClN6O3. The number of pyridine rings is 1. The predicted octanol–water partition coefficient (Wildman–Crippen LogP) is 4.23. The first-order valence-electron chi connectivity index (χ1n) is 11.9. The number of halogens is 1. The van der Waals surface area contributed by atoms with E-state index in [9.17, 15) is 9.59 Å². The summed E-state index contributed by atoms with van der Waals surface area (Å²) in [7, 11) is 0. The van der Waals surface area contributed by atoms with Crippen LogP contribution in [0.5, 0.6) is 0 Å². The first-order valence-corrected chi connectivity index (χ1v) is 12.3. The number of carbonyl (C=O) groups excluding carboxylic acids is 2. The number of amides is 2. The van der Waals surface area contributed by atoms with E-state index in [1.807, 2.05) is 42.5 Å². The molecule has 0 saturated carbocycles. The molecule has 10 heteroatoms. The molecule has 5 rings (SSSR count). The Morgan fingerprint density at radius 1 is 1.05 bits per heavy atom. The van der Waals surface area contributed by atoms with E-state index in [0.29, 0.717) is 53.9 Å². The monoisotopic (exact) mass is 516 g/mol. The molecule has 0 aliphatic carbocycles. The first-order chi connectivity index (χ1) is 18.0. The number of carbonyl (C=O) groups is 2. The Kier molecular flexibility index (Phi) is 7.14. The molecule has 2 N–H and O–H groups in total. The topological polar surface area (TPSA) is 118 Å². The third-order valence-electron chi connectivity index (χ3n) is 6.44. The van der Waals surface area contributed by atoms with Crippen LogP contribution < -0.4 is 10.6 Å². The van der Waals surface area contributed by atoms with Crippen LogP contribution >= 0.6 is 11.6 Å². The van der Waals surface area contributed by atoms with Crippen LogP contribution in [0.4, 0.5) is 11.5 Å². The summed E-state index contributed by atoms with van der Waals surface area (Å²) >= 11 is 6.35. The first kappa shape index (κ1) is 24.5. The van der Waals surface area contributed by atoms with E-state index in [1.54, 1.807) is 34.2 Å². The zero-order valence-corrected chi connectivity index (χ0v) is 20.7. The largest absolute Gasteiger partial charge is 0.420 e. The van der Waals surface area contributed by atoms with Crippen molar-refractivity contribution in [3.63, 3.8) is 0 Å². The molecule has 1 fully saturated rings. The summed E-state index contributed by atoms with van der Waals surface area (Å²) < 4.78 is 5.82. The molecule has 0 unspecified atom stereocenters. The van der Waals surface area contributed by atoms with Gasteiger partial charge < -0.3 is 20.0 Å². The van der Waals surface area contributed by atoms with E-state index in [1.165, 1.54) is 0 Å². The fraction of sp³-hybridized carbons (Fsp3) is 0.222. The van der Waals surface area contributed by atoms with Gasteiger partial charge in [0.1, 0.15) is 12.2 Å². The van der Waals surface area contributed by atoms with Crippen molar-refractivity contribution in [2.24, 2.45) is 0 Å². The lowest BCUT2D eigenvalue weighted by Crippen LogP contribution is -2.47. The smallest absolute Gasteiger partial charge is 0.247 e. The van der Waals surface area contributed by atoms with Crippen LogP contribution in [-0.2, 0) is 16.0 Å². The number of hydrogen-bond acceptors (Lipinski definition) is 7. The highest BCUT2D eigenvalue weighted by atomic mass is 35.5. The van der Waals surface area contributed by atoms with Gasteiger partial charge in [-0.25, -0.2) is 4.98 Å². The SMILES string of the molecule is Nc1ncccc1N(C=O)C1CCN(C(=O)Cc2nnc(-c3cc(Cl)cc(-c4ccccc4)c3)o2)CC1. The van der Waals surface area contributed by atoms with E-state index in [4.69, 9.17) is 21.8 Å². The number of nitrogens with two attached hydrogens (primary N) is 1. The second kappa shape index (κ2) is 10.8. The summed E-state index contributed by atoms with van der Waals surface area (Å²) in [5, 5.41) is 8.77. The van der Waals surface area contributed by atoms with Crippen LogP contribution in [0.1, 0.15) is 18.7 Å². The normalized spacial score (nSPS) is 13.9. The number of piperidine rings is 1. The number of nitrogen functional groups attached to an aromatic ring is 1. The summed E-state index contributed by atoms with van der Waals surface area (Å²) in [5.74, 6) is 0.733. The number of nitrogens with zero attached hydrogens (tertiary/aromatic N) is 5. The van der Waals surface area contributed by atoms with Crippen molar-refractivity contribution in [1.82, 2.24) is 20.1 Å². The Hall–Kier alpha value is -4.24. The minimum atomic E-state index is -0.108. The van der Waals surface area contributed by atoms with E-state index >= 15 is 0 Å². The van der Waals surface area contributed by atoms with Gasteiger partial charge in [-0.2, -0.15) is 0 Å². The highest BCUT2D eigenvalue weighted by Gasteiger charge is 2.29. The van der Waals surface area contributed by atoms with Gasteiger partial charge in [0.2, 0.25) is 24.1 Å². The Morgan fingerprint density at radius 2 is 1.81 bits per heavy atom. The number of hydrogen-bond donors (Lipinski definition) is 1. The second-order valence-electron chi connectivity index (χ2n) is 8.80. The van der Waals surface area contributed by atoms with Crippen LogP contribution in [0.25, 0.3) is 22.6 Å². The van der Waals surface area contributed by atoms with Crippen LogP contribution in [0.15, 0.2) is 71.3 Å². The van der Waals surface area contributed by atoms with Crippen LogP contribution in [0.2, 0.25) is 5.02 Å². The van der Waals surface area contributed by atoms with Crippen molar-refractivity contribution < 1.29 is 14.0 Å². The van der Waals surface area contributed by atoms with Crippen molar-refractivity contribution in [1.29, 1.82) is 0 Å². The second-order valence-corrected chi connectivity index (χ2v) is 9.24. The molecule has 1 aliphatic rings. The molecule has 37 heavy (non-hydrogen) atoms. The Labute approximate surface area is 218 Å². The molecule has 188 valence electrons. The fourth-order valence-electron chi connectivity index (χ4n) is 4.55. The Balaban J connectivity index is 1.22. The molecule has 4 aromatic rings. The maximum atomic E-state index is 12.9. The highest BCUT2D eigenvalue weighted by Crippen LogP contribution is 2.30. The maximum absolute atomic E-state index is 12.9.